The fourth-order valence-electron chi connectivity index (χ4n) is 2.51. The maximum Gasteiger partial charge on any atom is 0.165 e. The van der Waals surface area contributed by atoms with Crippen LogP contribution >= 0.6 is 0 Å². The molecule has 1 N–H and O–H groups in total. The fourth-order valence-corrected chi connectivity index (χ4v) is 2.51. The van der Waals surface area contributed by atoms with Crippen LogP contribution in [-0.4, -0.2) is 29.9 Å². The molecule has 0 bridgehead atoms. The molecular weight excluding hydrogens is 268 g/mol. The summed E-state index contributed by atoms with van der Waals surface area (Å²) < 4.78 is 11.6. The number of Topliss-reactive ketones (excluding diaryl/α,β-unsaturated/α-hetero) is 1. The van der Waals surface area contributed by atoms with Gasteiger partial charge in [-0.3, -0.25) is 4.79 Å². The highest BCUT2D eigenvalue weighted by Crippen LogP contribution is 2.26. The molecule has 0 aromatic rings. The minimum Gasteiger partial charge on any atom is -0.507 e. The second-order valence-electron chi connectivity index (χ2n) is 5.31. The van der Waals surface area contributed by atoms with Crippen LogP contribution in [0, 0.1) is 0 Å². The van der Waals surface area contributed by atoms with Crippen LogP contribution in [0.2, 0.25) is 0 Å². The normalized spacial score (nSPS) is 21.6. The van der Waals surface area contributed by atoms with Crippen LogP contribution in [-0.2, 0) is 14.3 Å². The van der Waals surface area contributed by atoms with Gasteiger partial charge in [0.05, 0.1) is 11.7 Å². The molecule has 4 heteroatoms. The second-order valence-corrected chi connectivity index (χ2v) is 5.31. The molecule has 0 radical (unpaired) electrons. The van der Waals surface area contributed by atoms with E-state index in [4.69, 9.17) is 9.47 Å². The third kappa shape index (κ3) is 4.97. The Morgan fingerprint density at radius 2 is 2.05 bits per heavy atom. The van der Waals surface area contributed by atoms with Crippen molar-refractivity contribution in [3.05, 3.63) is 23.5 Å². The van der Waals surface area contributed by atoms with Gasteiger partial charge in [-0.05, 0) is 32.1 Å². The minimum absolute atomic E-state index is 0.00740. The molecule has 1 fully saturated rings. The Hall–Kier alpha value is -1.13. The van der Waals surface area contributed by atoms with Gasteiger partial charge in [-0.15, -0.1) is 0 Å². The van der Waals surface area contributed by atoms with Crippen LogP contribution in [0.5, 0.6) is 0 Å². The molecule has 120 valence electrons. The first-order valence-electron chi connectivity index (χ1n) is 7.96. The molecule has 2 atom stereocenters. The molecule has 1 heterocycles. The molecule has 0 spiro atoms. The molecule has 0 aromatic heterocycles. The van der Waals surface area contributed by atoms with Crippen molar-refractivity contribution in [2.75, 3.05) is 6.61 Å². The molecule has 21 heavy (non-hydrogen) atoms. The molecule has 0 aromatic carbocycles. The van der Waals surface area contributed by atoms with E-state index in [1.165, 1.54) is 0 Å². The molecule has 1 rings (SSSR count). The molecule has 1 aliphatic rings. The lowest BCUT2D eigenvalue weighted by atomic mass is 9.97. The van der Waals surface area contributed by atoms with Gasteiger partial charge < -0.3 is 14.6 Å². The van der Waals surface area contributed by atoms with Crippen LogP contribution < -0.4 is 0 Å². The molecule has 0 aliphatic carbocycles. The van der Waals surface area contributed by atoms with Crippen LogP contribution in [0.15, 0.2) is 23.5 Å². The summed E-state index contributed by atoms with van der Waals surface area (Å²) in [6, 6.07) is 0. The summed E-state index contributed by atoms with van der Waals surface area (Å²) >= 11 is 0. The Balaban J connectivity index is 2.86. The Bertz CT molecular complexity index is 392. The number of ketones is 1. The number of carbonyl (C=O) groups excluding carboxylic acids is 1. The zero-order valence-corrected chi connectivity index (χ0v) is 13.5. The first-order chi connectivity index (χ1) is 10.0. The topological polar surface area (TPSA) is 55.8 Å². The standard InChI is InChI=1S/C17H28O4/c1-5-13(17(19)12(4)14(18)6-2)15(7-3)21-16-10-8-9-11-20-16/h15-16,19H,4-11H2,1-3H3/b17-13-/t15-,16-/m0/s1. The van der Waals surface area contributed by atoms with Gasteiger partial charge in [0, 0.05) is 18.6 Å². The van der Waals surface area contributed by atoms with Crippen molar-refractivity contribution in [2.45, 2.75) is 71.7 Å². The van der Waals surface area contributed by atoms with E-state index in [0.29, 0.717) is 12.8 Å². The number of carbonyl (C=O) groups is 1. The molecule has 1 aliphatic heterocycles. The Kier molecular flexibility index (Phi) is 7.68. The second kappa shape index (κ2) is 9.00. The summed E-state index contributed by atoms with van der Waals surface area (Å²) in [5, 5.41) is 10.3. The van der Waals surface area contributed by atoms with Gasteiger partial charge in [-0.2, -0.15) is 0 Å². The lowest BCUT2D eigenvalue weighted by Crippen LogP contribution is -2.29. The van der Waals surface area contributed by atoms with Crippen molar-refractivity contribution in [3.8, 4) is 0 Å². The predicted molar refractivity (Wildman–Crippen MR) is 83.1 cm³/mol. The molecule has 1 saturated heterocycles. The number of ether oxygens (including phenoxy) is 2. The highest BCUT2D eigenvalue weighted by molar-refractivity contribution is 5.98. The largest absolute Gasteiger partial charge is 0.507 e. The summed E-state index contributed by atoms with van der Waals surface area (Å²) in [6.07, 6.45) is 4.27. The van der Waals surface area contributed by atoms with E-state index in [1.807, 2.05) is 13.8 Å². The molecule has 0 unspecified atom stereocenters. The predicted octanol–water partition coefficient (Wildman–Crippen LogP) is 4.07. The quantitative estimate of drug-likeness (QED) is 0.417. The number of aliphatic hydroxyl groups excluding tert-OH is 1. The van der Waals surface area contributed by atoms with E-state index < -0.39 is 0 Å². The summed E-state index contributed by atoms with van der Waals surface area (Å²) in [5.41, 5.74) is 0.916. The van der Waals surface area contributed by atoms with Crippen molar-refractivity contribution in [1.82, 2.24) is 0 Å². The maximum atomic E-state index is 11.7. The smallest absolute Gasteiger partial charge is 0.165 e. The maximum absolute atomic E-state index is 11.7. The van der Waals surface area contributed by atoms with E-state index in [2.05, 4.69) is 6.58 Å². The van der Waals surface area contributed by atoms with Crippen molar-refractivity contribution < 1.29 is 19.4 Å². The SMILES string of the molecule is C=C(C(=O)CC)/C(O)=C(\CC)[C@H](CC)O[C@H]1CCCCO1. The number of rotatable bonds is 8. The van der Waals surface area contributed by atoms with Crippen LogP contribution in [0.3, 0.4) is 0 Å². The van der Waals surface area contributed by atoms with Gasteiger partial charge in [-0.1, -0.05) is 27.4 Å². The van der Waals surface area contributed by atoms with Crippen LogP contribution in [0.4, 0.5) is 0 Å². The molecule has 0 saturated carbocycles. The van der Waals surface area contributed by atoms with Crippen molar-refractivity contribution >= 4 is 5.78 Å². The zero-order chi connectivity index (χ0) is 15.8. The minimum atomic E-state index is -0.237. The van der Waals surface area contributed by atoms with Gasteiger partial charge in [0.15, 0.2) is 12.1 Å². The van der Waals surface area contributed by atoms with Gasteiger partial charge in [-0.25, -0.2) is 0 Å². The lowest BCUT2D eigenvalue weighted by Gasteiger charge is -2.29. The summed E-state index contributed by atoms with van der Waals surface area (Å²) in [6.45, 7) is 10.1. The fraction of sp³-hybridized carbons (Fsp3) is 0.706. The van der Waals surface area contributed by atoms with Crippen molar-refractivity contribution in [1.29, 1.82) is 0 Å². The third-order valence-corrected chi connectivity index (χ3v) is 3.84. The highest BCUT2D eigenvalue weighted by atomic mass is 16.7. The average molecular weight is 296 g/mol. The number of allylic oxidation sites excluding steroid dienone is 1. The summed E-state index contributed by atoms with van der Waals surface area (Å²) in [5.74, 6) is -0.144. The molecular formula is C17H28O4. The summed E-state index contributed by atoms with van der Waals surface area (Å²) in [7, 11) is 0. The van der Waals surface area contributed by atoms with E-state index in [-0.39, 0.29) is 29.5 Å². The van der Waals surface area contributed by atoms with E-state index >= 15 is 0 Å². The van der Waals surface area contributed by atoms with E-state index in [9.17, 15) is 9.90 Å². The average Bonchev–Trinajstić information content (AvgIpc) is 2.53. The number of hydrogen-bond acceptors (Lipinski definition) is 4. The molecule has 4 nitrogen and oxygen atoms in total. The monoisotopic (exact) mass is 296 g/mol. The van der Waals surface area contributed by atoms with E-state index in [1.54, 1.807) is 6.92 Å². The summed E-state index contributed by atoms with van der Waals surface area (Å²) in [4.78, 5) is 11.7. The first kappa shape index (κ1) is 17.9. The van der Waals surface area contributed by atoms with E-state index in [0.717, 1.165) is 37.9 Å². The zero-order valence-electron chi connectivity index (χ0n) is 13.5. The highest BCUT2D eigenvalue weighted by Gasteiger charge is 2.24. The van der Waals surface area contributed by atoms with Gasteiger partial charge >= 0.3 is 0 Å². The Labute approximate surface area is 127 Å². The number of hydrogen-bond donors (Lipinski definition) is 1. The first-order valence-corrected chi connectivity index (χ1v) is 7.96. The lowest BCUT2D eigenvalue weighted by molar-refractivity contribution is -0.181. The van der Waals surface area contributed by atoms with Gasteiger partial charge in [0.2, 0.25) is 0 Å². The Morgan fingerprint density at radius 3 is 2.52 bits per heavy atom. The van der Waals surface area contributed by atoms with Crippen molar-refractivity contribution in [3.63, 3.8) is 0 Å². The van der Waals surface area contributed by atoms with Gasteiger partial charge in [0.25, 0.3) is 0 Å². The Morgan fingerprint density at radius 1 is 1.33 bits per heavy atom. The number of aliphatic hydroxyl groups is 1. The molecule has 0 amide bonds. The third-order valence-electron chi connectivity index (χ3n) is 3.84. The van der Waals surface area contributed by atoms with Gasteiger partial charge in [0.1, 0.15) is 5.76 Å². The van der Waals surface area contributed by atoms with Crippen LogP contribution in [0.1, 0.15) is 59.3 Å². The van der Waals surface area contributed by atoms with Crippen molar-refractivity contribution in [2.24, 2.45) is 0 Å². The van der Waals surface area contributed by atoms with Crippen LogP contribution in [0.25, 0.3) is 0 Å².